The predicted octanol–water partition coefficient (Wildman–Crippen LogP) is 3.09. The second-order valence-corrected chi connectivity index (χ2v) is 6.39. The van der Waals surface area contributed by atoms with Crippen LogP contribution in [0.4, 0.5) is 0 Å². The number of fused-ring (bicyclic) bond motifs is 2. The third-order valence-electron chi connectivity index (χ3n) is 4.60. The topological polar surface area (TPSA) is 27.6 Å². The summed E-state index contributed by atoms with van der Waals surface area (Å²) in [6.07, 6.45) is 2.51. The third kappa shape index (κ3) is 1.79. The van der Waals surface area contributed by atoms with Gasteiger partial charge < -0.3 is 5.43 Å². The maximum atomic E-state index is 6.14. The van der Waals surface area contributed by atoms with Crippen LogP contribution >= 0.6 is 23.2 Å². The zero-order chi connectivity index (χ0) is 13.0. The number of hydrogen-bond acceptors (Lipinski definition) is 3. The molecule has 0 unspecified atom stereocenters. The summed E-state index contributed by atoms with van der Waals surface area (Å²) in [7, 11) is 0. The Hall–Kier alpha value is -0.770. The van der Waals surface area contributed by atoms with Gasteiger partial charge >= 0.3 is 0 Å². The van der Waals surface area contributed by atoms with Gasteiger partial charge in [0.15, 0.2) is 0 Å². The minimum Gasteiger partial charge on any atom is -0.301 e. The third-order valence-corrected chi connectivity index (χ3v) is 5.33. The lowest BCUT2D eigenvalue weighted by Gasteiger charge is -2.45. The number of benzene rings is 1. The van der Waals surface area contributed by atoms with Crippen molar-refractivity contribution in [3.63, 3.8) is 0 Å². The fourth-order valence-electron chi connectivity index (χ4n) is 3.62. The average Bonchev–Trinajstić information content (AvgIpc) is 2.90. The van der Waals surface area contributed by atoms with E-state index >= 15 is 0 Å². The van der Waals surface area contributed by atoms with Gasteiger partial charge in [0.1, 0.15) is 0 Å². The standard InChI is InChI=1S/C14H15Cl2N3/c15-10-2-1-9(7-11(10)16)13-14-12(17-18-13)8-3-5-19(14)6-4-8/h1-2,7-8,13-14,18H,3-6H2/t13-,14+/m1/s1. The molecular formula is C14H15Cl2N3. The second kappa shape index (κ2) is 4.37. The maximum Gasteiger partial charge on any atom is 0.0899 e. The maximum absolute atomic E-state index is 6.14. The SMILES string of the molecule is Clc1ccc([C@H]2NN=C3C4CCN(CC4)[C@@H]32)cc1Cl. The Bertz CT molecular complexity index is 550. The number of nitrogens with zero attached hydrogens (tertiary/aromatic N) is 2. The Balaban J connectivity index is 1.69. The number of piperidine rings is 3. The van der Waals surface area contributed by atoms with E-state index in [2.05, 4.69) is 15.4 Å². The van der Waals surface area contributed by atoms with E-state index in [1.807, 2.05) is 18.2 Å². The molecule has 0 aromatic heterocycles. The van der Waals surface area contributed by atoms with E-state index in [1.165, 1.54) is 37.2 Å². The molecule has 0 saturated carbocycles. The normalized spacial score (nSPS) is 35.8. The highest BCUT2D eigenvalue weighted by molar-refractivity contribution is 6.42. The van der Waals surface area contributed by atoms with Gasteiger partial charge in [-0.3, -0.25) is 4.90 Å². The Morgan fingerprint density at radius 1 is 1.16 bits per heavy atom. The number of hydrazone groups is 1. The minimum absolute atomic E-state index is 0.216. The summed E-state index contributed by atoms with van der Waals surface area (Å²) in [4.78, 5) is 2.55. The molecule has 1 N–H and O–H groups in total. The van der Waals surface area contributed by atoms with Crippen LogP contribution in [0.25, 0.3) is 0 Å². The van der Waals surface area contributed by atoms with Crippen molar-refractivity contribution >= 4 is 28.9 Å². The summed E-state index contributed by atoms with van der Waals surface area (Å²) in [6.45, 7) is 2.38. The van der Waals surface area contributed by atoms with Crippen LogP contribution in [0, 0.1) is 5.92 Å². The van der Waals surface area contributed by atoms with Gasteiger partial charge in [-0.05, 0) is 43.6 Å². The van der Waals surface area contributed by atoms with E-state index in [4.69, 9.17) is 23.2 Å². The van der Waals surface area contributed by atoms with Gasteiger partial charge in [-0.2, -0.15) is 5.10 Å². The summed E-state index contributed by atoms with van der Waals surface area (Å²) in [5.74, 6) is 0.676. The molecule has 4 heterocycles. The van der Waals surface area contributed by atoms with Crippen LogP contribution in [0.15, 0.2) is 23.3 Å². The largest absolute Gasteiger partial charge is 0.301 e. The lowest BCUT2D eigenvalue weighted by Crippen LogP contribution is -2.56. The Labute approximate surface area is 122 Å². The van der Waals surface area contributed by atoms with Crippen LogP contribution in [0.1, 0.15) is 24.4 Å². The molecule has 0 spiro atoms. The summed E-state index contributed by atoms with van der Waals surface area (Å²) < 4.78 is 0. The van der Waals surface area contributed by atoms with Crippen molar-refractivity contribution in [1.82, 2.24) is 10.3 Å². The molecule has 2 bridgehead atoms. The van der Waals surface area contributed by atoms with Gasteiger partial charge in [0.25, 0.3) is 0 Å². The molecule has 5 heteroatoms. The first-order valence-electron chi connectivity index (χ1n) is 6.76. The molecule has 0 aliphatic carbocycles. The minimum atomic E-state index is 0.216. The average molecular weight is 296 g/mol. The van der Waals surface area contributed by atoms with Crippen molar-refractivity contribution in [1.29, 1.82) is 0 Å². The summed E-state index contributed by atoms with van der Waals surface area (Å²) in [5.41, 5.74) is 5.82. The molecular weight excluding hydrogens is 281 g/mol. The summed E-state index contributed by atoms with van der Waals surface area (Å²) in [6, 6.07) is 6.50. The Morgan fingerprint density at radius 2 is 1.95 bits per heavy atom. The molecule has 0 radical (unpaired) electrons. The van der Waals surface area contributed by atoms with Crippen LogP contribution in [0.3, 0.4) is 0 Å². The molecule has 100 valence electrons. The highest BCUT2D eigenvalue weighted by Crippen LogP contribution is 2.39. The van der Waals surface area contributed by atoms with E-state index in [0.29, 0.717) is 22.0 Å². The van der Waals surface area contributed by atoms with Crippen molar-refractivity contribution in [3.8, 4) is 0 Å². The van der Waals surface area contributed by atoms with Crippen molar-refractivity contribution < 1.29 is 0 Å². The van der Waals surface area contributed by atoms with E-state index in [0.717, 1.165) is 0 Å². The zero-order valence-electron chi connectivity index (χ0n) is 10.4. The molecule has 1 aromatic rings. The quantitative estimate of drug-likeness (QED) is 0.862. The molecule has 1 aromatic carbocycles. The molecule has 0 amide bonds. The van der Waals surface area contributed by atoms with E-state index < -0.39 is 0 Å². The van der Waals surface area contributed by atoms with Crippen molar-refractivity contribution in [2.45, 2.75) is 24.9 Å². The van der Waals surface area contributed by atoms with Gasteiger partial charge in [-0.1, -0.05) is 29.3 Å². The first-order valence-corrected chi connectivity index (χ1v) is 7.51. The highest BCUT2D eigenvalue weighted by atomic mass is 35.5. The van der Waals surface area contributed by atoms with E-state index in [1.54, 1.807) is 0 Å². The second-order valence-electron chi connectivity index (χ2n) is 5.57. The van der Waals surface area contributed by atoms with Gasteiger partial charge in [0, 0.05) is 5.92 Å². The first-order chi connectivity index (χ1) is 9.24. The van der Waals surface area contributed by atoms with Crippen LogP contribution in [0.5, 0.6) is 0 Å². The Morgan fingerprint density at radius 3 is 2.68 bits per heavy atom. The lowest BCUT2D eigenvalue weighted by molar-refractivity contribution is 0.133. The molecule has 3 nitrogen and oxygen atoms in total. The fourth-order valence-corrected chi connectivity index (χ4v) is 3.92. The van der Waals surface area contributed by atoms with Crippen molar-refractivity contribution in [2.75, 3.05) is 13.1 Å². The smallest absolute Gasteiger partial charge is 0.0899 e. The molecule has 3 fully saturated rings. The van der Waals surface area contributed by atoms with E-state index in [-0.39, 0.29) is 6.04 Å². The van der Waals surface area contributed by atoms with Crippen LogP contribution < -0.4 is 5.43 Å². The molecule has 5 rings (SSSR count). The van der Waals surface area contributed by atoms with Gasteiger partial charge in [0.05, 0.1) is 27.8 Å². The summed E-state index contributed by atoms with van der Waals surface area (Å²) >= 11 is 12.1. The number of halogens is 2. The molecule has 2 atom stereocenters. The number of rotatable bonds is 1. The Kier molecular flexibility index (Phi) is 2.76. The predicted molar refractivity (Wildman–Crippen MR) is 77.9 cm³/mol. The van der Waals surface area contributed by atoms with Gasteiger partial charge in [-0.15, -0.1) is 0 Å². The van der Waals surface area contributed by atoms with Gasteiger partial charge in [0.2, 0.25) is 0 Å². The lowest BCUT2D eigenvalue weighted by atomic mass is 9.78. The van der Waals surface area contributed by atoms with Crippen molar-refractivity contribution in [3.05, 3.63) is 33.8 Å². The molecule has 3 saturated heterocycles. The molecule has 19 heavy (non-hydrogen) atoms. The van der Waals surface area contributed by atoms with E-state index in [9.17, 15) is 0 Å². The fraction of sp³-hybridized carbons (Fsp3) is 0.500. The molecule has 4 aliphatic heterocycles. The zero-order valence-corrected chi connectivity index (χ0v) is 12.0. The number of hydrogen-bond donors (Lipinski definition) is 1. The first kappa shape index (κ1) is 12.0. The van der Waals surface area contributed by atoms with Crippen LogP contribution in [-0.4, -0.2) is 29.7 Å². The molecule has 4 aliphatic rings. The van der Waals surface area contributed by atoms with Crippen molar-refractivity contribution in [2.24, 2.45) is 11.0 Å². The van der Waals surface area contributed by atoms with Crippen LogP contribution in [-0.2, 0) is 0 Å². The van der Waals surface area contributed by atoms with Gasteiger partial charge in [-0.25, -0.2) is 0 Å². The number of nitrogens with one attached hydrogen (secondary N) is 1. The van der Waals surface area contributed by atoms with Crippen LogP contribution in [0.2, 0.25) is 10.0 Å². The monoisotopic (exact) mass is 295 g/mol. The highest BCUT2D eigenvalue weighted by Gasteiger charge is 2.46. The summed E-state index contributed by atoms with van der Waals surface area (Å²) in [5, 5.41) is 5.82.